The fourth-order valence-electron chi connectivity index (χ4n) is 1.98. The number of nitrogens with two attached hydrogens (primary N) is 1. The summed E-state index contributed by atoms with van der Waals surface area (Å²) in [4.78, 5) is 0. The molecule has 0 heterocycles. The van der Waals surface area contributed by atoms with Crippen molar-refractivity contribution in [1.29, 1.82) is 0 Å². The van der Waals surface area contributed by atoms with E-state index in [4.69, 9.17) is 10.5 Å². The first kappa shape index (κ1) is 12.7. The summed E-state index contributed by atoms with van der Waals surface area (Å²) in [5.74, 6) is 0.869. The molecule has 0 bridgehead atoms. The van der Waals surface area contributed by atoms with Crippen LogP contribution in [0, 0.1) is 0 Å². The van der Waals surface area contributed by atoms with Crippen molar-refractivity contribution in [3.8, 4) is 5.75 Å². The van der Waals surface area contributed by atoms with Crippen molar-refractivity contribution < 1.29 is 4.74 Å². The van der Waals surface area contributed by atoms with Crippen LogP contribution in [0.1, 0.15) is 23.6 Å². The number of methoxy groups -OCH3 is 1. The third-order valence-corrected chi connectivity index (χ3v) is 3.13. The molecule has 1 unspecified atom stereocenters. The van der Waals surface area contributed by atoms with Crippen molar-refractivity contribution in [2.45, 2.75) is 18.9 Å². The maximum Gasteiger partial charge on any atom is 0.118 e. The Morgan fingerprint density at radius 3 is 2.28 bits per heavy atom. The molecule has 0 saturated heterocycles. The predicted octanol–water partition coefficient (Wildman–Crippen LogP) is 3.33. The zero-order valence-electron chi connectivity index (χ0n) is 10.7. The van der Waals surface area contributed by atoms with Crippen molar-refractivity contribution in [2.75, 3.05) is 7.11 Å². The second kappa shape index (κ2) is 6.22. The summed E-state index contributed by atoms with van der Waals surface area (Å²) >= 11 is 0. The fraction of sp³-hybridized carbons (Fsp3) is 0.250. The Morgan fingerprint density at radius 2 is 1.67 bits per heavy atom. The summed E-state index contributed by atoms with van der Waals surface area (Å²) < 4.78 is 5.14. The van der Waals surface area contributed by atoms with Crippen LogP contribution in [0.4, 0.5) is 0 Å². The van der Waals surface area contributed by atoms with Gasteiger partial charge in [-0.2, -0.15) is 0 Å². The SMILES string of the molecule is COc1ccc(C(N)CCc2ccccc2)cc1. The van der Waals surface area contributed by atoms with E-state index in [-0.39, 0.29) is 6.04 Å². The molecular weight excluding hydrogens is 222 g/mol. The standard InChI is InChI=1S/C16H19NO/c1-18-15-10-8-14(9-11-15)16(17)12-7-13-5-3-2-4-6-13/h2-6,8-11,16H,7,12,17H2,1H3. The van der Waals surface area contributed by atoms with Gasteiger partial charge in [0, 0.05) is 6.04 Å². The lowest BCUT2D eigenvalue weighted by Gasteiger charge is -2.12. The summed E-state index contributed by atoms with van der Waals surface area (Å²) in [5.41, 5.74) is 8.69. The largest absolute Gasteiger partial charge is 0.497 e. The maximum absolute atomic E-state index is 6.19. The average molecular weight is 241 g/mol. The molecule has 0 spiro atoms. The number of ether oxygens (including phenoxy) is 1. The van der Waals surface area contributed by atoms with Crippen LogP contribution in [0.5, 0.6) is 5.75 Å². The molecular formula is C16H19NO. The van der Waals surface area contributed by atoms with E-state index in [1.165, 1.54) is 5.56 Å². The van der Waals surface area contributed by atoms with Gasteiger partial charge in [0.2, 0.25) is 0 Å². The molecule has 2 aromatic rings. The van der Waals surface area contributed by atoms with Gasteiger partial charge in [0.15, 0.2) is 0 Å². The van der Waals surface area contributed by atoms with E-state index >= 15 is 0 Å². The zero-order chi connectivity index (χ0) is 12.8. The minimum Gasteiger partial charge on any atom is -0.497 e. The van der Waals surface area contributed by atoms with Crippen LogP contribution in [0.25, 0.3) is 0 Å². The molecule has 0 amide bonds. The first-order valence-corrected chi connectivity index (χ1v) is 6.23. The topological polar surface area (TPSA) is 35.2 Å². The molecule has 2 aromatic carbocycles. The highest BCUT2D eigenvalue weighted by Gasteiger charge is 2.06. The lowest BCUT2D eigenvalue weighted by atomic mass is 10.00. The zero-order valence-corrected chi connectivity index (χ0v) is 10.7. The minimum absolute atomic E-state index is 0.0797. The predicted molar refractivity (Wildman–Crippen MR) is 74.7 cm³/mol. The number of hydrogen-bond acceptors (Lipinski definition) is 2. The van der Waals surface area contributed by atoms with Gasteiger partial charge in [0.1, 0.15) is 5.75 Å². The number of hydrogen-bond donors (Lipinski definition) is 1. The van der Waals surface area contributed by atoms with E-state index in [0.717, 1.165) is 24.2 Å². The van der Waals surface area contributed by atoms with Crippen molar-refractivity contribution in [3.05, 3.63) is 65.7 Å². The molecule has 0 saturated carbocycles. The molecule has 94 valence electrons. The van der Waals surface area contributed by atoms with Crippen LogP contribution in [-0.4, -0.2) is 7.11 Å². The average Bonchev–Trinajstić information content (AvgIpc) is 2.46. The van der Waals surface area contributed by atoms with Gasteiger partial charge in [-0.3, -0.25) is 0 Å². The van der Waals surface area contributed by atoms with Gasteiger partial charge in [0.25, 0.3) is 0 Å². The molecule has 1 atom stereocenters. The smallest absolute Gasteiger partial charge is 0.118 e. The molecule has 2 N–H and O–H groups in total. The highest BCUT2D eigenvalue weighted by atomic mass is 16.5. The summed E-state index contributed by atoms with van der Waals surface area (Å²) in [6.45, 7) is 0. The van der Waals surface area contributed by atoms with E-state index in [0.29, 0.717) is 0 Å². The summed E-state index contributed by atoms with van der Waals surface area (Å²) in [6, 6.07) is 18.5. The van der Waals surface area contributed by atoms with E-state index in [9.17, 15) is 0 Å². The normalized spacial score (nSPS) is 12.1. The van der Waals surface area contributed by atoms with Crippen LogP contribution >= 0.6 is 0 Å². The lowest BCUT2D eigenvalue weighted by Crippen LogP contribution is -2.11. The number of aryl methyl sites for hydroxylation is 1. The van der Waals surface area contributed by atoms with Crippen molar-refractivity contribution >= 4 is 0 Å². The second-order valence-electron chi connectivity index (χ2n) is 4.40. The third-order valence-electron chi connectivity index (χ3n) is 3.13. The van der Waals surface area contributed by atoms with Gasteiger partial charge < -0.3 is 10.5 Å². The molecule has 2 nitrogen and oxygen atoms in total. The van der Waals surface area contributed by atoms with Gasteiger partial charge >= 0.3 is 0 Å². The van der Waals surface area contributed by atoms with Gasteiger partial charge in [-0.25, -0.2) is 0 Å². The Bertz CT molecular complexity index is 464. The summed E-state index contributed by atoms with van der Waals surface area (Å²) in [5, 5.41) is 0. The Balaban J connectivity index is 1.93. The van der Waals surface area contributed by atoms with Gasteiger partial charge in [0.05, 0.1) is 7.11 Å². The Labute approximate surface area is 108 Å². The van der Waals surface area contributed by atoms with Crippen LogP contribution in [0.2, 0.25) is 0 Å². The summed E-state index contributed by atoms with van der Waals surface area (Å²) in [7, 11) is 1.67. The molecule has 0 aliphatic carbocycles. The van der Waals surface area contributed by atoms with Crippen LogP contribution in [0.3, 0.4) is 0 Å². The van der Waals surface area contributed by atoms with Gasteiger partial charge in [-0.1, -0.05) is 42.5 Å². The molecule has 18 heavy (non-hydrogen) atoms. The molecule has 2 heteroatoms. The molecule has 2 rings (SSSR count). The summed E-state index contributed by atoms with van der Waals surface area (Å²) in [6.07, 6.45) is 1.96. The lowest BCUT2D eigenvalue weighted by molar-refractivity contribution is 0.414. The van der Waals surface area contributed by atoms with Crippen molar-refractivity contribution in [3.63, 3.8) is 0 Å². The molecule has 0 aromatic heterocycles. The quantitative estimate of drug-likeness (QED) is 0.871. The number of benzene rings is 2. The van der Waals surface area contributed by atoms with E-state index in [2.05, 4.69) is 24.3 Å². The fourth-order valence-corrected chi connectivity index (χ4v) is 1.98. The van der Waals surface area contributed by atoms with E-state index < -0.39 is 0 Å². The van der Waals surface area contributed by atoms with Crippen molar-refractivity contribution in [2.24, 2.45) is 5.73 Å². The molecule has 0 radical (unpaired) electrons. The van der Waals surface area contributed by atoms with Gasteiger partial charge in [-0.15, -0.1) is 0 Å². The van der Waals surface area contributed by atoms with Crippen LogP contribution < -0.4 is 10.5 Å². The third kappa shape index (κ3) is 3.34. The molecule has 0 aliphatic rings. The van der Waals surface area contributed by atoms with Gasteiger partial charge in [-0.05, 0) is 36.1 Å². The number of rotatable bonds is 5. The minimum atomic E-state index is 0.0797. The Kier molecular flexibility index (Phi) is 4.37. The Hall–Kier alpha value is -1.80. The first-order chi connectivity index (χ1) is 8.79. The molecule has 0 fully saturated rings. The van der Waals surface area contributed by atoms with E-state index in [1.807, 2.05) is 30.3 Å². The highest BCUT2D eigenvalue weighted by molar-refractivity contribution is 5.29. The van der Waals surface area contributed by atoms with Crippen LogP contribution in [-0.2, 0) is 6.42 Å². The maximum atomic E-state index is 6.19. The highest BCUT2D eigenvalue weighted by Crippen LogP contribution is 2.19. The van der Waals surface area contributed by atoms with Crippen molar-refractivity contribution in [1.82, 2.24) is 0 Å². The van der Waals surface area contributed by atoms with Crippen LogP contribution in [0.15, 0.2) is 54.6 Å². The monoisotopic (exact) mass is 241 g/mol. The Morgan fingerprint density at radius 1 is 1.00 bits per heavy atom. The second-order valence-corrected chi connectivity index (χ2v) is 4.40. The first-order valence-electron chi connectivity index (χ1n) is 6.23. The van der Waals surface area contributed by atoms with E-state index in [1.54, 1.807) is 7.11 Å². The molecule has 0 aliphatic heterocycles.